The Bertz CT molecular complexity index is 376. The largest absolute Gasteiger partial charge is 0.480 e. The first-order valence-corrected chi connectivity index (χ1v) is 7.72. The Morgan fingerprint density at radius 1 is 1.00 bits per heavy atom. The van der Waals surface area contributed by atoms with Gasteiger partial charge in [-0.05, 0) is 31.1 Å². The van der Waals surface area contributed by atoms with Gasteiger partial charge in [-0.15, -0.1) is 0 Å². The maximum Gasteiger partial charge on any atom is 0.326 e. The standard InChI is InChI=1S/C15H23NO3/c17-14(16-8-4-7-13(16)15(18)19)12-9-11(12)10-5-2-1-3-6-10/h10-13H,1-9H2,(H,18,19)/t11?,12?,13-/m1/s1. The highest BCUT2D eigenvalue weighted by Crippen LogP contribution is 2.50. The van der Waals surface area contributed by atoms with E-state index in [0.717, 1.165) is 18.8 Å². The second-order valence-electron chi connectivity index (χ2n) is 6.43. The van der Waals surface area contributed by atoms with Gasteiger partial charge in [0.1, 0.15) is 6.04 Å². The molecule has 1 saturated heterocycles. The van der Waals surface area contributed by atoms with Crippen molar-refractivity contribution in [1.29, 1.82) is 0 Å². The predicted molar refractivity (Wildman–Crippen MR) is 70.5 cm³/mol. The molecule has 19 heavy (non-hydrogen) atoms. The Morgan fingerprint density at radius 3 is 2.42 bits per heavy atom. The minimum atomic E-state index is -0.833. The van der Waals surface area contributed by atoms with Gasteiger partial charge in [0.15, 0.2) is 0 Å². The molecule has 0 radical (unpaired) electrons. The van der Waals surface area contributed by atoms with E-state index in [1.54, 1.807) is 4.90 Å². The van der Waals surface area contributed by atoms with Crippen molar-refractivity contribution in [1.82, 2.24) is 4.90 Å². The summed E-state index contributed by atoms with van der Waals surface area (Å²) in [5.74, 6) is 0.723. The number of amides is 1. The number of hydrogen-bond donors (Lipinski definition) is 1. The van der Waals surface area contributed by atoms with Gasteiger partial charge >= 0.3 is 5.97 Å². The molecule has 0 aromatic heterocycles. The molecule has 4 heteroatoms. The minimum Gasteiger partial charge on any atom is -0.480 e. The van der Waals surface area contributed by atoms with E-state index in [2.05, 4.69) is 0 Å². The van der Waals surface area contributed by atoms with Crippen LogP contribution in [-0.2, 0) is 9.59 Å². The van der Waals surface area contributed by atoms with Crippen molar-refractivity contribution < 1.29 is 14.7 Å². The lowest BCUT2D eigenvalue weighted by Gasteiger charge is -2.24. The molecular formula is C15H23NO3. The van der Waals surface area contributed by atoms with E-state index in [-0.39, 0.29) is 11.8 Å². The van der Waals surface area contributed by atoms with Crippen molar-refractivity contribution in [3.8, 4) is 0 Å². The Morgan fingerprint density at radius 2 is 1.74 bits per heavy atom. The fraction of sp³-hybridized carbons (Fsp3) is 0.867. The van der Waals surface area contributed by atoms with Crippen molar-refractivity contribution >= 4 is 11.9 Å². The zero-order valence-electron chi connectivity index (χ0n) is 11.4. The molecule has 0 bridgehead atoms. The molecule has 0 spiro atoms. The number of nitrogens with zero attached hydrogens (tertiary/aromatic N) is 1. The van der Waals surface area contributed by atoms with Gasteiger partial charge in [0.2, 0.25) is 5.91 Å². The van der Waals surface area contributed by atoms with E-state index < -0.39 is 12.0 Å². The third-order valence-electron chi connectivity index (χ3n) is 5.23. The molecule has 1 N–H and O–H groups in total. The topological polar surface area (TPSA) is 57.6 Å². The van der Waals surface area contributed by atoms with Crippen molar-refractivity contribution in [2.24, 2.45) is 17.8 Å². The first-order chi connectivity index (χ1) is 9.18. The molecule has 1 amide bonds. The molecule has 0 aromatic rings. The first-order valence-electron chi connectivity index (χ1n) is 7.72. The van der Waals surface area contributed by atoms with Crippen LogP contribution in [0, 0.1) is 17.8 Å². The predicted octanol–water partition coefficient (Wildman–Crippen LogP) is 2.28. The summed E-state index contributed by atoms with van der Waals surface area (Å²) in [5.41, 5.74) is 0. The summed E-state index contributed by atoms with van der Waals surface area (Å²) >= 11 is 0. The fourth-order valence-electron chi connectivity index (χ4n) is 4.08. The van der Waals surface area contributed by atoms with Gasteiger partial charge in [0.25, 0.3) is 0 Å². The Kier molecular flexibility index (Phi) is 3.50. The lowest BCUT2D eigenvalue weighted by atomic mass is 9.85. The number of carboxylic acids is 1. The Labute approximate surface area is 114 Å². The molecule has 1 aliphatic heterocycles. The molecule has 3 fully saturated rings. The number of aliphatic carboxylic acids is 1. The van der Waals surface area contributed by atoms with Crippen molar-refractivity contribution in [3.63, 3.8) is 0 Å². The molecule has 2 aliphatic carbocycles. The van der Waals surface area contributed by atoms with Crippen LogP contribution in [0.4, 0.5) is 0 Å². The average Bonchev–Trinajstić information content (AvgIpc) is 3.06. The lowest BCUT2D eigenvalue weighted by molar-refractivity contribution is -0.148. The maximum atomic E-state index is 12.4. The van der Waals surface area contributed by atoms with Gasteiger partial charge in [-0.1, -0.05) is 32.1 Å². The molecule has 4 nitrogen and oxygen atoms in total. The molecule has 106 valence electrons. The smallest absolute Gasteiger partial charge is 0.326 e. The second kappa shape index (κ2) is 5.14. The molecule has 2 saturated carbocycles. The molecule has 0 aromatic carbocycles. The summed E-state index contributed by atoms with van der Waals surface area (Å²) in [6.45, 7) is 0.643. The summed E-state index contributed by atoms with van der Waals surface area (Å²) in [6.07, 6.45) is 8.98. The third-order valence-corrected chi connectivity index (χ3v) is 5.23. The second-order valence-corrected chi connectivity index (χ2v) is 6.43. The van der Waals surface area contributed by atoms with Crippen LogP contribution in [0.15, 0.2) is 0 Å². The molecule has 3 rings (SSSR count). The molecule has 3 aliphatic rings. The van der Waals surface area contributed by atoms with Crippen LogP contribution in [0.2, 0.25) is 0 Å². The molecule has 1 heterocycles. The highest BCUT2D eigenvalue weighted by molar-refractivity contribution is 5.87. The number of carbonyl (C=O) groups excluding carboxylic acids is 1. The lowest BCUT2D eigenvalue weighted by Crippen LogP contribution is -2.41. The zero-order chi connectivity index (χ0) is 13.4. The highest BCUT2D eigenvalue weighted by atomic mass is 16.4. The quantitative estimate of drug-likeness (QED) is 0.851. The maximum absolute atomic E-state index is 12.4. The van der Waals surface area contributed by atoms with Crippen LogP contribution >= 0.6 is 0 Å². The Hall–Kier alpha value is -1.06. The number of hydrogen-bond acceptors (Lipinski definition) is 2. The normalized spacial score (nSPS) is 35.4. The molecule has 3 atom stereocenters. The van der Waals surface area contributed by atoms with E-state index in [1.807, 2.05) is 0 Å². The van der Waals surface area contributed by atoms with Crippen LogP contribution in [0.3, 0.4) is 0 Å². The van der Waals surface area contributed by atoms with E-state index in [9.17, 15) is 9.59 Å². The molecular weight excluding hydrogens is 242 g/mol. The summed E-state index contributed by atoms with van der Waals surface area (Å²) in [7, 11) is 0. The van der Waals surface area contributed by atoms with Crippen LogP contribution in [0.5, 0.6) is 0 Å². The van der Waals surface area contributed by atoms with E-state index in [1.165, 1.54) is 32.1 Å². The van der Waals surface area contributed by atoms with Crippen molar-refractivity contribution in [3.05, 3.63) is 0 Å². The van der Waals surface area contributed by atoms with Crippen LogP contribution < -0.4 is 0 Å². The van der Waals surface area contributed by atoms with Gasteiger partial charge in [0, 0.05) is 12.5 Å². The van der Waals surface area contributed by atoms with Crippen LogP contribution in [0.25, 0.3) is 0 Å². The summed E-state index contributed by atoms with van der Waals surface area (Å²) < 4.78 is 0. The van der Waals surface area contributed by atoms with Crippen LogP contribution in [0.1, 0.15) is 51.4 Å². The highest BCUT2D eigenvalue weighted by Gasteiger charge is 2.50. The third kappa shape index (κ3) is 2.49. The van der Waals surface area contributed by atoms with Gasteiger partial charge in [-0.25, -0.2) is 4.79 Å². The van der Waals surface area contributed by atoms with Gasteiger partial charge < -0.3 is 10.0 Å². The average molecular weight is 265 g/mol. The first kappa shape index (κ1) is 12.9. The van der Waals surface area contributed by atoms with Gasteiger partial charge in [-0.3, -0.25) is 4.79 Å². The Balaban J connectivity index is 1.58. The van der Waals surface area contributed by atoms with Crippen LogP contribution in [-0.4, -0.2) is 34.5 Å². The monoisotopic (exact) mass is 265 g/mol. The van der Waals surface area contributed by atoms with Crippen molar-refractivity contribution in [2.75, 3.05) is 6.54 Å². The number of carboxylic acid groups (broad SMARTS) is 1. The SMILES string of the molecule is O=C(O)[C@H]1CCCN1C(=O)C1CC1C1CCCCC1. The summed E-state index contributed by atoms with van der Waals surface area (Å²) in [5, 5.41) is 9.16. The number of carbonyl (C=O) groups is 2. The van der Waals surface area contributed by atoms with E-state index in [0.29, 0.717) is 18.9 Å². The van der Waals surface area contributed by atoms with Gasteiger partial charge in [-0.2, -0.15) is 0 Å². The van der Waals surface area contributed by atoms with E-state index >= 15 is 0 Å². The summed E-state index contributed by atoms with van der Waals surface area (Å²) in [4.78, 5) is 25.2. The van der Waals surface area contributed by atoms with Crippen molar-refractivity contribution in [2.45, 2.75) is 57.4 Å². The minimum absolute atomic E-state index is 0.125. The number of rotatable bonds is 3. The zero-order valence-corrected chi connectivity index (χ0v) is 11.4. The summed E-state index contributed by atoms with van der Waals surface area (Å²) in [6, 6.07) is -0.555. The van der Waals surface area contributed by atoms with Gasteiger partial charge in [0.05, 0.1) is 0 Å². The number of likely N-dealkylation sites (tertiary alicyclic amines) is 1. The van der Waals surface area contributed by atoms with E-state index in [4.69, 9.17) is 5.11 Å². The fourth-order valence-corrected chi connectivity index (χ4v) is 4.08. The molecule has 2 unspecified atom stereocenters.